The monoisotopic (exact) mass is 543 g/mol. The number of phenolic OH excluding ortho intramolecular Hbond substituents is 1. The van der Waals surface area contributed by atoms with E-state index in [4.69, 9.17) is 4.74 Å². The van der Waals surface area contributed by atoms with Crippen molar-refractivity contribution in [3.05, 3.63) is 114 Å². The van der Waals surface area contributed by atoms with E-state index in [1.54, 1.807) is 63.2 Å². The van der Waals surface area contributed by atoms with E-state index in [0.29, 0.717) is 11.1 Å². The quantitative estimate of drug-likeness (QED) is 0.298. The zero-order chi connectivity index (χ0) is 29.1. The first-order valence-electron chi connectivity index (χ1n) is 13.1. The van der Waals surface area contributed by atoms with Crippen LogP contribution in [0.1, 0.15) is 43.5 Å². The molecule has 8 heteroatoms. The second-order valence-electron chi connectivity index (χ2n) is 10.4. The number of carbonyl (C=O) groups excluding carboxylic acids is 3. The summed E-state index contributed by atoms with van der Waals surface area (Å²) in [7, 11) is 0. The van der Waals surface area contributed by atoms with Crippen LogP contribution in [0.4, 0.5) is 4.79 Å². The minimum Gasteiger partial charge on any atom is -0.508 e. The Bertz CT molecular complexity index is 1270. The summed E-state index contributed by atoms with van der Waals surface area (Å²) in [5.74, 6) is -0.771. The van der Waals surface area contributed by atoms with Crippen molar-refractivity contribution in [1.82, 2.24) is 15.5 Å². The van der Waals surface area contributed by atoms with Gasteiger partial charge in [-0.05, 0) is 49.6 Å². The Kier molecular flexibility index (Phi) is 10.5. The lowest BCUT2D eigenvalue weighted by Gasteiger charge is -2.34. The van der Waals surface area contributed by atoms with E-state index in [2.05, 4.69) is 17.2 Å². The second-order valence-corrected chi connectivity index (χ2v) is 10.4. The van der Waals surface area contributed by atoms with Crippen molar-refractivity contribution in [1.29, 1.82) is 0 Å². The van der Waals surface area contributed by atoms with Crippen LogP contribution in [-0.4, -0.2) is 46.1 Å². The lowest BCUT2D eigenvalue weighted by atomic mass is 10.00. The van der Waals surface area contributed by atoms with Crippen LogP contribution < -0.4 is 10.6 Å². The molecule has 0 aliphatic carbocycles. The van der Waals surface area contributed by atoms with Crippen LogP contribution in [0, 0.1) is 0 Å². The fourth-order valence-electron chi connectivity index (χ4n) is 4.17. The molecule has 210 valence electrons. The molecule has 40 heavy (non-hydrogen) atoms. The summed E-state index contributed by atoms with van der Waals surface area (Å²) in [6.45, 7) is 9.34. The summed E-state index contributed by atoms with van der Waals surface area (Å²) in [6, 6.07) is 22.8. The van der Waals surface area contributed by atoms with E-state index in [-0.39, 0.29) is 31.2 Å². The Morgan fingerprint density at radius 2 is 1.52 bits per heavy atom. The van der Waals surface area contributed by atoms with Gasteiger partial charge < -0.3 is 25.4 Å². The zero-order valence-electron chi connectivity index (χ0n) is 23.2. The largest absolute Gasteiger partial charge is 0.508 e. The van der Waals surface area contributed by atoms with Crippen LogP contribution in [-0.2, 0) is 27.3 Å². The molecule has 0 aliphatic rings. The van der Waals surface area contributed by atoms with Gasteiger partial charge >= 0.3 is 6.09 Å². The number of nitrogens with one attached hydrogen (secondary N) is 2. The molecule has 0 fully saturated rings. The van der Waals surface area contributed by atoms with Crippen LogP contribution in [0.2, 0.25) is 0 Å². The zero-order valence-corrected chi connectivity index (χ0v) is 23.2. The number of phenols is 1. The highest BCUT2D eigenvalue weighted by Crippen LogP contribution is 2.24. The molecule has 0 saturated carbocycles. The number of hydrogen-bond acceptors (Lipinski definition) is 5. The average molecular weight is 544 g/mol. The molecule has 0 radical (unpaired) electrons. The first kappa shape index (κ1) is 30.0. The van der Waals surface area contributed by atoms with Crippen LogP contribution in [0.25, 0.3) is 0 Å². The molecule has 8 nitrogen and oxygen atoms in total. The maximum Gasteiger partial charge on any atom is 0.408 e. The Morgan fingerprint density at radius 1 is 0.925 bits per heavy atom. The normalized spacial score (nSPS) is 12.5. The van der Waals surface area contributed by atoms with Crippen molar-refractivity contribution < 1.29 is 24.2 Å². The van der Waals surface area contributed by atoms with Gasteiger partial charge in [0.15, 0.2) is 0 Å². The van der Waals surface area contributed by atoms with Gasteiger partial charge in [0.25, 0.3) is 0 Å². The van der Waals surface area contributed by atoms with Crippen molar-refractivity contribution in [2.45, 2.75) is 51.4 Å². The number of rotatable bonds is 11. The molecule has 0 spiro atoms. The summed E-state index contributed by atoms with van der Waals surface area (Å²) in [5.41, 5.74) is 1.46. The highest BCUT2D eigenvalue weighted by atomic mass is 16.6. The van der Waals surface area contributed by atoms with E-state index in [1.807, 2.05) is 36.4 Å². The third-order valence-electron chi connectivity index (χ3n) is 5.96. The average Bonchev–Trinajstić information content (AvgIpc) is 2.92. The maximum absolute atomic E-state index is 14.2. The first-order chi connectivity index (χ1) is 19.1. The summed E-state index contributed by atoms with van der Waals surface area (Å²) in [4.78, 5) is 42.1. The smallest absolute Gasteiger partial charge is 0.408 e. The fraction of sp³-hybridized carbons (Fsp3) is 0.281. The summed E-state index contributed by atoms with van der Waals surface area (Å²) >= 11 is 0. The van der Waals surface area contributed by atoms with Gasteiger partial charge in [-0.2, -0.15) is 0 Å². The molecule has 3 amide bonds. The SMILES string of the molecule is C=CCN(C(=O)C(Cc1ccc(O)cc1)NC(=O)OC(C)(C)C)C(C(=O)NCc1ccccc1)c1ccccc1. The Balaban J connectivity index is 1.96. The molecule has 2 atom stereocenters. The maximum atomic E-state index is 14.2. The summed E-state index contributed by atoms with van der Waals surface area (Å²) < 4.78 is 5.43. The van der Waals surface area contributed by atoms with Crippen LogP contribution in [0.5, 0.6) is 5.75 Å². The molecule has 3 aromatic rings. The Morgan fingerprint density at radius 3 is 2.10 bits per heavy atom. The number of amides is 3. The van der Waals surface area contributed by atoms with Crippen LogP contribution in [0.15, 0.2) is 97.6 Å². The lowest BCUT2D eigenvalue weighted by Crippen LogP contribution is -2.53. The first-order valence-corrected chi connectivity index (χ1v) is 13.1. The molecule has 0 saturated heterocycles. The van der Waals surface area contributed by atoms with Crippen molar-refractivity contribution >= 4 is 17.9 Å². The molecule has 0 aliphatic heterocycles. The number of alkyl carbamates (subject to hydrolysis) is 1. The minimum absolute atomic E-state index is 0.0548. The summed E-state index contributed by atoms with van der Waals surface area (Å²) in [5, 5.41) is 15.4. The molecule has 0 aromatic heterocycles. The van der Waals surface area contributed by atoms with E-state index in [9.17, 15) is 19.5 Å². The van der Waals surface area contributed by atoms with Gasteiger partial charge in [-0.3, -0.25) is 9.59 Å². The number of aromatic hydroxyl groups is 1. The second kappa shape index (κ2) is 14.0. The third-order valence-corrected chi connectivity index (χ3v) is 5.96. The van der Waals surface area contributed by atoms with Crippen LogP contribution >= 0.6 is 0 Å². The molecule has 3 rings (SSSR count). The van der Waals surface area contributed by atoms with E-state index >= 15 is 0 Å². The molecule has 0 heterocycles. The lowest BCUT2D eigenvalue weighted by molar-refractivity contribution is -0.141. The van der Waals surface area contributed by atoms with E-state index < -0.39 is 29.7 Å². The van der Waals surface area contributed by atoms with Crippen molar-refractivity contribution in [3.8, 4) is 5.75 Å². The molecular weight excluding hydrogens is 506 g/mol. The standard InChI is InChI=1S/C32H37N3O5/c1-5-20-35(28(25-14-10-7-11-15-25)29(37)33-22-24-12-8-6-9-13-24)30(38)27(34-31(39)40-32(2,3)4)21-23-16-18-26(36)19-17-23/h5-19,27-28,36H,1,20-22H2,2-4H3,(H,33,37)(H,34,39). The van der Waals surface area contributed by atoms with Gasteiger partial charge in [0.2, 0.25) is 11.8 Å². The third kappa shape index (κ3) is 9.01. The molecular formula is C32H37N3O5. The topological polar surface area (TPSA) is 108 Å². The van der Waals surface area contributed by atoms with Gasteiger partial charge in [0.05, 0.1) is 0 Å². The predicted molar refractivity (Wildman–Crippen MR) is 154 cm³/mol. The highest BCUT2D eigenvalue weighted by molar-refractivity contribution is 5.92. The number of carbonyl (C=O) groups is 3. The predicted octanol–water partition coefficient (Wildman–Crippen LogP) is 4.90. The number of benzene rings is 3. The summed E-state index contributed by atoms with van der Waals surface area (Å²) in [6.07, 6.45) is 0.899. The molecule has 2 unspecified atom stereocenters. The number of ether oxygens (including phenoxy) is 1. The van der Waals surface area contributed by atoms with Crippen molar-refractivity contribution in [2.24, 2.45) is 0 Å². The van der Waals surface area contributed by atoms with E-state index in [0.717, 1.165) is 5.56 Å². The molecule has 0 bridgehead atoms. The highest BCUT2D eigenvalue weighted by Gasteiger charge is 2.35. The fourth-order valence-corrected chi connectivity index (χ4v) is 4.17. The van der Waals surface area contributed by atoms with Gasteiger partial charge in [0.1, 0.15) is 23.4 Å². The number of hydrogen-bond donors (Lipinski definition) is 3. The Labute approximate surface area is 235 Å². The van der Waals surface area contributed by atoms with E-state index in [1.165, 1.54) is 17.0 Å². The van der Waals surface area contributed by atoms with Crippen molar-refractivity contribution in [3.63, 3.8) is 0 Å². The van der Waals surface area contributed by atoms with Crippen molar-refractivity contribution in [2.75, 3.05) is 6.54 Å². The van der Waals surface area contributed by atoms with Crippen LogP contribution in [0.3, 0.4) is 0 Å². The van der Waals surface area contributed by atoms with Gasteiger partial charge in [-0.1, -0.05) is 78.9 Å². The van der Waals surface area contributed by atoms with Gasteiger partial charge in [0, 0.05) is 19.5 Å². The molecule has 3 aromatic carbocycles. The Hall–Kier alpha value is -4.59. The van der Waals surface area contributed by atoms with Gasteiger partial charge in [-0.15, -0.1) is 6.58 Å². The molecule has 3 N–H and O–H groups in total. The minimum atomic E-state index is -1.06. The number of nitrogens with zero attached hydrogens (tertiary/aromatic N) is 1. The van der Waals surface area contributed by atoms with Gasteiger partial charge in [-0.25, -0.2) is 4.79 Å².